The highest BCUT2D eigenvalue weighted by atomic mass is 32.2. The van der Waals surface area contributed by atoms with E-state index in [1.165, 1.54) is 31.5 Å². The molecule has 1 aliphatic rings. The van der Waals surface area contributed by atoms with Crippen molar-refractivity contribution in [2.45, 2.75) is 25.0 Å². The minimum atomic E-state index is 0.170. The van der Waals surface area contributed by atoms with Crippen molar-refractivity contribution in [3.8, 4) is 0 Å². The molecule has 116 valence electrons. The quantitative estimate of drug-likeness (QED) is 0.841. The van der Waals surface area contributed by atoms with Gasteiger partial charge in [-0.15, -0.1) is 11.8 Å². The predicted octanol–water partition coefficient (Wildman–Crippen LogP) is 2.77. The summed E-state index contributed by atoms with van der Waals surface area (Å²) >= 11 is 1.68. The number of thioether (sulfide) groups is 1. The molecule has 4 heteroatoms. The first-order valence-electron chi connectivity index (χ1n) is 7.81. The molecule has 0 spiro atoms. The number of carbonyl (C=O) groups is 1. The zero-order chi connectivity index (χ0) is 14.9. The number of rotatable bonds is 7. The van der Waals surface area contributed by atoms with Crippen LogP contribution in [0.3, 0.4) is 0 Å². The van der Waals surface area contributed by atoms with Crippen LogP contribution in [0.25, 0.3) is 0 Å². The summed E-state index contributed by atoms with van der Waals surface area (Å²) in [5.41, 5.74) is 1.28. The van der Waals surface area contributed by atoms with E-state index in [2.05, 4.69) is 29.4 Å². The third kappa shape index (κ3) is 6.53. The van der Waals surface area contributed by atoms with Gasteiger partial charge < -0.3 is 10.2 Å². The topological polar surface area (TPSA) is 32.3 Å². The average Bonchev–Trinajstić information content (AvgIpc) is 2.50. The first kappa shape index (κ1) is 16.4. The van der Waals surface area contributed by atoms with Crippen molar-refractivity contribution in [3.63, 3.8) is 0 Å². The molecule has 1 fully saturated rings. The van der Waals surface area contributed by atoms with Gasteiger partial charge in [-0.05, 0) is 50.9 Å². The molecule has 1 amide bonds. The van der Waals surface area contributed by atoms with Crippen molar-refractivity contribution in [1.82, 2.24) is 10.2 Å². The van der Waals surface area contributed by atoms with Gasteiger partial charge in [0, 0.05) is 12.3 Å². The summed E-state index contributed by atoms with van der Waals surface area (Å²) in [6.07, 6.45) is 3.67. The molecular formula is C17H26N2OS. The van der Waals surface area contributed by atoms with Crippen LogP contribution in [0.2, 0.25) is 0 Å². The summed E-state index contributed by atoms with van der Waals surface area (Å²) < 4.78 is 0. The van der Waals surface area contributed by atoms with Crippen molar-refractivity contribution in [3.05, 3.63) is 35.9 Å². The van der Waals surface area contributed by atoms with Gasteiger partial charge in [0.25, 0.3) is 0 Å². The number of carbonyl (C=O) groups excluding carboxylic acids is 1. The predicted molar refractivity (Wildman–Crippen MR) is 90.5 cm³/mol. The number of amides is 1. The Kier molecular flexibility index (Phi) is 7.10. The monoisotopic (exact) mass is 306 g/mol. The third-order valence-electron chi connectivity index (χ3n) is 4.06. The molecule has 1 heterocycles. The van der Waals surface area contributed by atoms with Gasteiger partial charge in [0.15, 0.2) is 0 Å². The lowest BCUT2D eigenvalue weighted by molar-refractivity contribution is -0.118. The summed E-state index contributed by atoms with van der Waals surface area (Å²) in [7, 11) is 2.18. The maximum Gasteiger partial charge on any atom is 0.230 e. The number of benzene rings is 1. The fourth-order valence-electron chi connectivity index (χ4n) is 2.65. The van der Waals surface area contributed by atoms with Gasteiger partial charge in [0.1, 0.15) is 0 Å². The van der Waals surface area contributed by atoms with E-state index in [1.54, 1.807) is 11.8 Å². The Morgan fingerprint density at radius 3 is 2.71 bits per heavy atom. The van der Waals surface area contributed by atoms with E-state index in [0.717, 1.165) is 24.6 Å². The van der Waals surface area contributed by atoms with E-state index in [9.17, 15) is 4.79 Å². The van der Waals surface area contributed by atoms with Crippen LogP contribution < -0.4 is 5.32 Å². The molecule has 1 aromatic carbocycles. The summed E-state index contributed by atoms with van der Waals surface area (Å²) in [5, 5.41) is 3.05. The maximum atomic E-state index is 11.8. The number of nitrogens with zero attached hydrogens (tertiary/aromatic N) is 1. The standard InChI is InChI=1S/C17H26N2OS/c1-19-11-8-15(9-12-19)7-10-18-17(20)14-21-13-16-5-3-2-4-6-16/h2-6,15H,7-14H2,1H3,(H,18,20). The van der Waals surface area contributed by atoms with Crippen molar-refractivity contribution in [2.75, 3.05) is 32.4 Å². The van der Waals surface area contributed by atoms with Gasteiger partial charge in [-0.25, -0.2) is 0 Å². The molecule has 3 nitrogen and oxygen atoms in total. The molecule has 0 bridgehead atoms. The molecule has 0 atom stereocenters. The van der Waals surface area contributed by atoms with Crippen LogP contribution in [-0.4, -0.2) is 43.2 Å². The number of hydrogen-bond acceptors (Lipinski definition) is 3. The van der Waals surface area contributed by atoms with Crippen molar-refractivity contribution >= 4 is 17.7 Å². The lowest BCUT2D eigenvalue weighted by Gasteiger charge is -2.28. The van der Waals surface area contributed by atoms with Crippen LogP contribution in [-0.2, 0) is 10.5 Å². The highest BCUT2D eigenvalue weighted by molar-refractivity contribution is 7.99. The van der Waals surface area contributed by atoms with Crippen molar-refractivity contribution < 1.29 is 4.79 Å². The Hall–Kier alpha value is -1.00. The molecular weight excluding hydrogens is 280 g/mol. The Morgan fingerprint density at radius 2 is 2.00 bits per heavy atom. The van der Waals surface area contributed by atoms with E-state index in [1.807, 2.05) is 18.2 Å². The zero-order valence-corrected chi connectivity index (χ0v) is 13.7. The lowest BCUT2D eigenvalue weighted by atomic mass is 9.94. The van der Waals surface area contributed by atoms with Crippen LogP contribution in [0.15, 0.2) is 30.3 Å². The first-order chi connectivity index (χ1) is 10.2. The van der Waals surface area contributed by atoms with Gasteiger partial charge in [-0.3, -0.25) is 4.79 Å². The second-order valence-electron chi connectivity index (χ2n) is 5.86. The minimum absolute atomic E-state index is 0.170. The van der Waals surface area contributed by atoms with Gasteiger partial charge in [-0.2, -0.15) is 0 Å². The summed E-state index contributed by atoms with van der Waals surface area (Å²) in [4.78, 5) is 14.2. The van der Waals surface area contributed by atoms with Crippen molar-refractivity contribution in [2.24, 2.45) is 5.92 Å². The molecule has 0 radical (unpaired) electrons. The fraction of sp³-hybridized carbons (Fsp3) is 0.588. The number of hydrogen-bond donors (Lipinski definition) is 1. The van der Waals surface area contributed by atoms with E-state index < -0.39 is 0 Å². The largest absolute Gasteiger partial charge is 0.355 e. The molecule has 0 aromatic heterocycles. The van der Waals surface area contributed by atoms with Gasteiger partial charge in [0.2, 0.25) is 5.91 Å². The molecule has 0 aliphatic carbocycles. The molecule has 1 N–H and O–H groups in total. The Bertz CT molecular complexity index is 416. The maximum absolute atomic E-state index is 11.8. The molecule has 2 rings (SSSR count). The molecule has 0 unspecified atom stereocenters. The van der Waals surface area contributed by atoms with Crippen LogP contribution in [0, 0.1) is 5.92 Å². The summed E-state index contributed by atoms with van der Waals surface area (Å²) in [5.74, 6) is 2.42. The van der Waals surface area contributed by atoms with E-state index >= 15 is 0 Å². The second-order valence-corrected chi connectivity index (χ2v) is 6.85. The third-order valence-corrected chi connectivity index (χ3v) is 5.06. The number of likely N-dealkylation sites (tertiary alicyclic amines) is 1. The van der Waals surface area contributed by atoms with Crippen LogP contribution in [0.5, 0.6) is 0 Å². The number of nitrogens with one attached hydrogen (secondary N) is 1. The normalized spacial score (nSPS) is 16.8. The average molecular weight is 306 g/mol. The fourth-order valence-corrected chi connectivity index (χ4v) is 3.47. The molecule has 21 heavy (non-hydrogen) atoms. The molecule has 1 aromatic rings. The van der Waals surface area contributed by atoms with E-state index in [0.29, 0.717) is 5.75 Å². The highest BCUT2D eigenvalue weighted by Crippen LogP contribution is 2.18. The molecule has 1 aliphatic heterocycles. The van der Waals surface area contributed by atoms with Crippen LogP contribution in [0.1, 0.15) is 24.8 Å². The van der Waals surface area contributed by atoms with E-state index in [-0.39, 0.29) is 5.91 Å². The van der Waals surface area contributed by atoms with Gasteiger partial charge in [0.05, 0.1) is 5.75 Å². The Labute approximate surface area is 132 Å². The molecule has 1 saturated heterocycles. The number of piperidine rings is 1. The van der Waals surface area contributed by atoms with Crippen LogP contribution >= 0.6 is 11.8 Å². The highest BCUT2D eigenvalue weighted by Gasteiger charge is 2.16. The van der Waals surface area contributed by atoms with Gasteiger partial charge >= 0.3 is 0 Å². The van der Waals surface area contributed by atoms with Gasteiger partial charge in [-0.1, -0.05) is 30.3 Å². The molecule has 0 saturated carbocycles. The SMILES string of the molecule is CN1CCC(CCNC(=O)CSCc2ccccc2)CC1. The Morgan fingerprint density at radius 1 is 1.29 bits per heavy atom. The zero-order valence-electron chi connectivity index (χ0n) is 12.9. The summed E-state index contributed by atoms with van der Waals surface area (Å²) in [6, 6.07) is 10.3. The summed E-state index contributed by atoms with van der Waals surface area (Å²) in [6.45, 7) is 3.23. The second kappa shape index (κ2) is 9.11. The first-order valence-corrected chi connectivity index (χ1v) is 8.96. The van der Waals surface area contributed by atoms with E-state index in [4.69, 9.17) is 0 Å². The minimum Gasteiger partial charge on any atom is -0.355 e. The Balaban J connectivity index is 1.52. The van der Waals surface area contributed by atoms with Crippen LogP contribution in [0.4, 0.5) is 0 Å². The van der Waals surface area contributed by atoms with Crippen molar-refractivity contribution in [1.29, 1.82) is 0 Å². The lowest BCUT2D eigenvalue weighted by Crippen LogP contribution is -2.33. The smallest absolute Gasteiger partial charge is 0.230 e.